The van der Waals surface area contributed by atoms with Gasteiger partial charge in [-0.2, -0.15) is 0 Å². The van der Waals surface area contributed by atoms with Crippen molar-refractivity contribution in [2.45, 2.75) is 0 Å². The minimum absolute atomic E-state index is 0.369. The lowest BCUT2D eigenvalue weighted by molar-refractivity contribution is 0.353. The lowest BCUT2D eigenvalue weighted by Crippen LogP contribution is -2.08. The summed E-state index contributed by atoms with van der Waals surface area (Å²) in [7, 11) is 0. The van der Waals surface area contributed by atoms with E-state index in [1.807, 2.05) is 48.5 Å². The second-order valence-electron chi connectivity index (χ2n) is 5.66. The van der Waals surface area contributed by atoms with E-state index >= 15 is 0 Å². The molecular weight excluding hydrogens is 328 g/mol. The molecule has 0 amide bonds. The summed E-state index contributed by atoms with van der Waals surface area (Å²) in [6.07, 6.45) is 4.80. The summed E-state index contributed by atoms with van der Waals surface area (Å²) in [6, 6.07) is 15.3. The van der Waals surface area contributed by atoms with E-state index < -0.39 is 0 Å². The van der Waals surface area contributed by atoms with E-state index in [4.69, 9.17) is 9.15 Å². The van der Waals surface area contributed by atoms with Gasteiger partial charge in [0.25, 0.3) is 0 Å². The van der Waals surface area contributed by atoms with Gasteiger partial charge in [-0.1, -0.05) is 24.8 Å². The van der Waals surface area contributed by atoms with Gasteiger partial charge in [0.1, 0.15) is 24.2 Å². The maximum absolute atomic E-state index is 5.75. The largest absolute Gasteiger partial charge is 0.487 e. The van der Waals surface area contributed by atoms with E-state index in [1.54, 1.807) is 12.4 Å². The van der Waals surface area contributed by atoms with Crippen LogP contribution < -0.4 is 10.1 Å². The maximum atomic E-state index is 5.75. The molecule has 0 radical (unpaired) electrons. The van der Waals surface area contributed by atoms with Crippen LogP contribution in [0.25, 0.3) is 22.6 Å². The average molecular weight is 344 g/mol. The first-order valence-corrected chi connectivity index (χ1v) is 8.06. The van der Waals surface area contributed by atoms with Gasteiger partial charge in [0.05, 0.1) is 5.56 Å². The number of nitrogens with one attached hydrogen (secondary N) is 1. The molecule has 0 aliphatic rings. The second-order valence-corrected chi connectivity index (χ2v) is 5.66. The summed E-state index contributed by atoms with van der Waals surface area (Å²) >= 11 is 0. The van der Waals surface area contributed by atoms with Crippen molar-refractivity contribution in [3.05, 3.63) is 79.5 Å². The van der Waals surface area contributed by atoms with Crippen molar-refractivity contribution < 1.29 is 9.15 Å². The Hall–Kier alpha value is -3.67. The molecule has 2 aromatic heterocycles. The van der Waals surface area contributed by atoms with Crippen molar-refractivity contribution in [1.82, 2.24) is 15.0 Å². The van der Waals surface area contributed by atoms with Crippen LogP contribution >= 0.6 is 0 Å². The van der Waals surface area contributed by atoms with E-state index in [-0.39, 0.29) is 0 Å². The first-order valence-electron chi connectivity index (χ1n) is 8.06. The zero-order valence-electron chi connectivity index (χ0n) is 13.9. The number of aromatic nitrogens is 3. The zero-order chi connectivity index (χ0) is 17.8. The van der Waals surface area contributed by atoms with Gasteiger partial charge in [0, 0.05) is 23.8 Å². The molecule has 0 fully saturated rings. The second kappa shape index (κ2) is 7.06. The molecule has 6 nitrogen and oxygen atoms in total. The van der Waals surface area contributed by atoms with E-state index in [1.165, 1.54) is 6.33 Å². The van der Waals surface area contributed by atoms with Crippen molar-refractivity contribution in [3.8, 4) is 17.2 Å². The van der Waals surface area contributed by atoms with Crippen LogP contribution in [0, 0.1) is 0 Å². The number of fused-ring (bicyclic) bond motifs is 1. The highest BCUT2D eigenvalue weighted by Crippen LogP contribution is 2.25. The molecule has 0 saturated carbocycles. The van der Waals surface area contributed by atoms with Crippen LogP contribution in [-0.2, 0) is 0 Å². The average Bonchev–Trinajstić information content (AvgIpc) is 3.11. The highest BCUT2D eigenvalue weighted by molar-refractivity contribution is 5.80. The van der Waals surface area contributed by atoms with Crippen molar-refractivity contribution in [2.24, 2.45) is 0 Å². The first kappa shape index (κ1) is 15.8. The number of para-hydroxylation sites is 1. The normalized spacial score (nSPS) is 10.6. The Morgan fingerprint density at radius 1 is 1.08 bits per heavy atom. The smallest absolute Gasteiger partial charge is 0.230 e. The standard InChI is InChI=1S/C20H16N4O2/c1-14(12-25-17-5-3-2-4-6-17)23-16-7-8-19-18(9-16)24-20(26-19)15-10-21-13-22-11-15/h2-11,13,23H,1,12H2. The molecule has 4 aromatic rings. The number of ether oxygens (including phenoxy) is 1. The molecule has 26 heavy (non-hydrogen) atoms. The summed E-state index contributed by atoms with van der Waals surface area (Å²) < 4.78 is 11.4. The van der Waals surface area contributed by atoms with Crippen LogP contribution in [0.2, 0.25) is 0 Å². The van der Waals surface area contributed by atoms with Crippen molar-refractivity contribution in [2.75, 3.05) is 11.9 Å². The van der Waals surface area contributed by atoms with E-state index in [2.05, 4.69) is 26.8 Å². The van der Waals surface area contributed by atoms with Crippen LogP contribution in [0.4, 0.5) is 5.69 Å². The highest BCUT2D eigenvalue weighted by Gasteiger charge is 2.09. The molecule has 2 heterocycles. The van der Waals surface area contributed by atoms with Crippen LogP contribution in [0.3, 0.4) is 0 Å². The van der Waals surface area contributed by atoms with Crippen molar-refractivity contribution >= 4 is 16.8 Å². The molecule has 128 valence electrons. The summed E-state index contributed by atoms with van der Waals surface area (Å²) in [5, 5.41) is 3.23. The quantitative estimate of drug-likeness (QED) is 0.562. The van der Waals surface area contributed by atoms with Gasteiger partial charge in [-0.15, -0.1) is 0 Å². The molecule has 0 unspecified atom stereocenters. The summed E-state index contributed by atoms with van der Waals surface area (Å²) in [4.78, 5) is 12.5. The fourth-order valence-electron chi connectivity index (χ4n) is 2.47. The minimum atomic E-state index is 0.369. The maximum Gasteiger partial charge on any atom is 0.230 e. The SMILES string of the molecule is C=C(COc1ccccc1)Nc1ccc2oc(-c3cncnc3)nc2c1. The summed E-state index contributed by atoms with van der Waals surface area (Å²) in [5.74, 6) is 1.29. The van der Waals surface area contributed by atoms with Gasteiger partial charge in [-0.05, 0) is 30.3 Å². The van der Waals surface area contributed by atoms with E-state index in [9.17, 15) is 0 Å². The Bertz CT molecular complexity index is 1030. The zero-order valence-corrected chi connectivity index (χ0v) is 13.9. The van der Waals surface area contributed by atoms with Crippen molar-refractivity contribution in [3.63, 3.8) is 0 Å². The number of oxazole rings is 1. The summed E-state index contributed by atoms with van der Waals surface area (Å²) in [6.45, 7) is 4.37. The lowest BCUT2D eigenvalue weighted by atomic mass is 10.3. The van der Waals surface area contributed by atoms with E-state index in [0.29, 0.717) is 18.1 Å². The van der Waals surface area contributed by atoms with E-state index in [0.717, 1.165) is 28.2 Å². The van der Waals surface area contributed by atoms with Gasteiger partial charge < -0.3 is 14.5 Å². The van der Waals surface area contributed by atoms with Crippen LogP contribution in [0.15, 0.2) is 83.9 Å². The molecule has 0 spiro atoms. The predicted molar refractivity (Wildman–Crippen MR) is 99.7 cm³/mol. The van der Waals surface area contributed by atoms with Crippen LogP contribution in [-0.4, -0.2) is 21.6 Å². The molecule has 2 aromatic carbocycles. The molecule has 0 saturated heterocycles. The number of benzene rings is 2. The predicted octanol–water partition coefficient (Wildman–Crippen LogP) is 4.29. The van der Waals surface area contributed by atoms with Crippen LogP contribution in [0.1, 0.15) is 0 Å². The Labute approximate surface area is 150 Å². The fraction of sp³-hybridized carbons (Fsp3) is 0.0500. The minimum Gasteiger partial charge on any atom is -0.487 e. The summed E-state index contributed by atoms with van der Waals surface area (Å²) in [5.41, 5.74) is 3.78. The fourth-order valence-corrected chi connectivity index (χ4v) is 2.47. The van der Waals surface area contributed by atoms with Crippen LogP contribution in [0.5, 0.6) is 5.75 Å². The van der Waals surface area contributed by atoms with Crippen molar-refractivity contribution in [1.29, 1.82) is 0 Å². The molecule has 0 bridgehead atoms. The van der Waals surface area contributed by atoms with Gasteiger partial charge in [0.15, 0.2) is 5.58 Å². The Morgan fingerprint density at radius 2 is 1.88 bits per heavy atom. The molecule has 0 aliphatic carbocycles. The topological polar surface area (TPSA) is 73.1 Å². The number of hydrogen-bond acceptors (Lipinski definition) is 6. The number of anilines is 1. The molecule has 0 aliphatic heterocycles. The van der Waals surface area contributed by atoms with Gasteiger partial charge in [0.2, 0.25) is 5.89 Å². The number of rotatable bonds is 6. The molecule has 4 rings (SSSR count). The Kier molecular flexibility index (Phi) is 4.30. The van der Waals surface area contributed by atoms with Gasteiger partial charge >= 0.3 is 0 Å². The first-order chi connectivity index (χ1) is 12.8. The highest BCUT2D eigenvalue weighted by atomic mass is 16.5. The molecule has 6 heteroatoms. The Morgan fingerprint density at radius 3 is 2.69 bits per heavy atom. The molecule has 0 atom stereocenters. The molecular formula is C20H16N4O2. The lowest BCUT2D eigenvalue weighted by Gasteiger charge is -2.11. The third-order valence-corrected chi connectivity index (χ3v) is 3.67. The Balaban J connectivity index is 1.46. The number of hydrogen-bond donors (Lipinski definition) is 1. The monoisotopic (exact) mass is 344 g/mol. The van der Waals surface area contributed by atoms with Gasteiger partial charge in [-0.25, -0.2) is 15.0 Å². The van der Waals surface area contributed by atoms with Gasteiger partial charge in [-0.3, -0.25) is 0 Å². The third-order valence-electron chi connectivity index (χ3n) is 3.67. The molecule has 1 N–H and O–H groups in total. The number of nitrogens with zero attached hydrogens (tertiary/aromatic N) is 3. The third kappa shape index (κ3) is 3.54.